The number of rotatable bonds is 2. The largest absolute Gasteiger partial charge is 0.481 e. The van der Waals surface area contributed by atoms with Gasteiger partial charge in [0.2, 0.25) is 0 Å². The van der Waals surface area contributed by atoms with E-state index in [2.05, 4.69) is 5.32 Å². The molecule has 1 aromatic carbocycles. The zero-order valence-corrected chi connectivity index (χ0v) is 12.1. The summed E-state index contributed by atoms with van der Waals surface area (Å²) < 4.78 is 0. The Hall–Kier alpha value is -2.55. The van der Waals surface area contributed by atoms with E-state index in [1.807, 2.05) is 6.07 Å². The van der Waals surface area contributed by atoms with E-state index in [0.29, 0.717) is 24.2 Å². The molecule has 6 heteroatoms. The SMILES string of the molecule is N#Cc1cccc(NC(=O)N2C[C@@H]3CCC[C@@]3(C(=O)O)C2)c1. The third-order valence-corrected chi connectivity index (χ3v) is 4.83. The highest BCUT2D eigenvalue weighted by atomic mass is 16.4. The Labute approximate surface area is 128 Å². The maximum absolute atomic E-state index is 12.3. The van der Waals surface area contributed by atoms with Gasteiger partial charge in [-0.3, -0.25) is 4.79 Å². The Morgan fingerprint density at radius 3 is 2.95 bits per heavy atom. The molecule has 2 aliphatic rings. The number of aliphatic carboxylic acids is 1. The van der Waals surface area contributed by atoms with Crippen molar-refractivity contribution in [3.8, 4) is 6.07 Å². The van der Waals surface area contributed by atoms with Crippen LogP contribution in [0.1, 0.15) is 24.8 Å². The maximum Gasteiger partial charge on any atom is 0.321 e. The number of hydrogen-bond donors (Lipinski definition) is 2. The first kappa shape index (κ1) is 14.4. The molecule has 0 bridgehead atoms. The second kappa shape index (κ2) is 5.34. The number of nitriles is 1. The third-order valence-electron chi connectivity index (χ3n) is 4.83. The Morgan fingerprint density at radius 2 is 2.27 bits per heavy atom. The molecule has 22 heavy (non-hydrogen) atoms. The zero-order valence-electron chi connectivity index (χ0n) is 12.1. The van der Waals surface area contributed by atoms with Crippen LogP contribution >= 0.6 is 0 Å². The molecule has 6 nitrogen and oxygen atoms in total. The molecule has 0 radical (unpaired) electrons. The van der Waals surface area contributed by atoms with E-state index < -0.39 is 11.4 Å². The molecular formula is C16H17N3O3. The number of carboxylic acids is 1. The molecule has 2 fully saturated rings. The molecule has 1 aromatic rings. The van der Waals surface area contributed by atoms with Crippen molar-refractivity contribution in [3.05, 3.63) is 29.8 Å². The molecule has 114 valence electrons. The molecule has 0 spiro atoms. The summed E-state index contributed by atoms with van der Waals surface area (Å²) in [6.07, 6.45) is 2.41. The van der Waals surface area contributed by atoms with Gasteiger partial charge in [0.05, 0.1) is 17.0 Å². The van der Waals surface area contributed by atoms with Crippen molar-refractivity contribution >= 4 is 17.7 Å². The molecule has 1 heterocycles. The number of likely N-dealkylation sites (tertiary alicyclic amines) is 1. The summed E-state index contributed by atoms with van der Waals surface area (Å²) in [5.74, 6) is -0.752. The Kier molecular flexibility index (Phi) is 3.49. The lowest BCUT2D eigenvalue weighted by Crippen LogP contribution is -2.38. The molecule has 1 aliphatic heterocycles. The lowest BCUT2D eigenvalue weighted by atomic mass is 9.81. The monoisotopic (exact) mass is 299 g/mol. The summed E-state index contributed by atoms with van der Waals surface area (Å²) >= 11 is 0. The van der Waals surface area contributed by atoms with Gasteiger partial charge < -0.3 is 15.3 Å². The predicted molar refractivity (Wildman–Crippen MR) is 79.2 cm³/mol. The minimum absolute atomic E-state index is 0.0428. The van der Waals surface area contributed by atoms with Crippen molar-refractivity contribution in [1.29, 1.82) is 5.26 Å². The number of carbonyl (C=O) groups is 2. The van der Waals surface area contributed by atoms with Crippen molar-refractivity contribution in [2.75, 3.05) is 18.4 Å². The summed E-state index contributed by atoms with van der Waals surface area (Å²) in [5.41, 5.74) is 0.245. The number of urea groups is 1. The van der Waals surface area contributed by atoms with E-state index in [-0.39, 0.29) is 18.5 Å². The molecule has 2 amide bonds. The number of carboxylic acid groups (broad SMARTS) is 1. The average molecular weight is 299 g/mol. The fourth-order valence-electron chi connectivity index (χ4n) is 3.66. The lowest BCUT2D eigenvalue weighted by Gasteiger charge is -2.23. The smallest absolute Gasteiger partial charge is 0.321 e. The topological polar surface area (TPSA) is 93.4 Å². The second-order valence-electron chi connectivity index (χ2n) is 6.05. The molecule has 0 unspecified atom stereocenters. The predicted octanol–water partition coefficient (Wildman–Crippen LogP) is 2.28. The van der Waals surface area contributed by atoms with E-state index in [4.69, 9.17) is 5.26 Å². The van der Waals surface area contributed by atoms with Crippen LogP contribution in [0.5, 0.6) is 0 Å². The van der Waals surface area contributed by atoms with Gasteiger partial charge in [0, 0.05) is 18.8 Å². The first-order valence-corrected chi connectivity index (χ1v) is 7.35. The number of fused-ring (bicyclic) bond motifs is 1. The molecule has 1 saturated carbocycles. The number of nitrogens with zero attached hydrogens (tertiary/aromatic N) is 2. The molecule has 2 atom stereocenters. The van der Waals surface area contributed by atoms with Crippen LogP contribution in [0.4, 0.5) is 10.5 Å². The Morgan fingerprint density at radius 1 is 1.45 bits per heavy atom. The number of carbonyl (C=O) groups excluding carboxylic acids is 1. The summed E-state index contributed by atoms with van der Waals surface area (Å²) in [5, 5.41) is 21.2. The minimum Gasteiger partial charge on any atom is -0.481 e. The average Bonchev–Trinajstić information content (AvgIpc) is 3.05. The van der Waals surface area contributed by atoms with E-state index in [1.54, 1.807) is 29.2 Å². The van der Waals surface area contributed by atoms with Gasteiger partial charge in [0.15, 0.2) is 0 Å². The van der Waals surface area contributed by atoms with Gasteiger partial charge in [-0.25, -0.2) is 4.79 Å². The molecule has 1 aliphatic carbocycles. The molecule has 0 aromatic heterocycles. The highest BCUT2D eigenvalue weighted by molar-refractivity contribution is 5.90. The van der Waals surface area contributed by atoms with Gasteiger partial charge in [0.25, 0.3) is 0 Å². The van der Waals surface area contributed by atoms with E-state index in [0.717, 1.165) is 12.8 Å². The van der Waals surface area contributed by atoms with Crippen LogP contribution in [0.25, 0.3) is 0 Å². The maximum atomic E-state index is 12.3. The fourth-order valence-corrected chi connectivity index (χ4v) is 3.66. The van der Waals surface area contributed by atoms with E-state index in [1.165, 1.54) is 0 Å². The van der Waals surface area contributed by atoms with Crippen LogP contribution in [-0.4, -0.2) is 35.1 Å². The molecule has 3 rings (SSSR count). The van der Waals surface area contributed by atoms with Crippen LogP contribution in [0.15, 0.2) is 24.3 Å². The van der Waals surface area contributed by atoms with E-state index >= 15 is 0 Å². The van der Waals surface area contributed by atoms with Gasteiger partial charge in [-0.15, -0.1) is 0 Å². The second-order valence-corrected chi connectivity index (χ2v) is 6.05. The van der Waals surface area contributed by atoms with Gasteiger partial charge in [-0.05, 0) is 37.0 Å². The van der Waals surface area contributed by atoms with Gasteiger partial charge >= 0.3 is 12.0 Å². The minimum atomic E-state index is -0.795. The number of anilines is 1. The number of amides is 2. The van der Waals surface area contributed by atoms with Gasteiger partial charge in [0.1, 0.15) is 0 Å². The van der Waals surface area contributed by atoms with Crippen LogP contribution in [0.3, 0.4) is 0 Å². The van der Waals surface area contributed by atoms with E-state index in [9.17, 15) is 14.7 Å². The number of benzene rings is 1. The Bertz CT molecular complexity index is 667. The highest BCUT2D eigenvalue weighted by Gasteiger charge is 2.55. The van der Waals surface area contributed by atoms with Crippen LogP contribution in [0.2, 0.25) is 0 Å². The quantitative estimate of drug-likeness (QED) is 0.876. The summed E-state index contributed by atoms with van der Waals surface area (Å²) in [6.45, 7) is 0.743. The van der Waals surface area contributed by atoms with Gasteiger partial charge in [-0.2, -0.15) is 5.26 Å². The summed E-state index contributed by atoms with van der Waals surface area (Å²) in [7, 11) is 0. The number of hydrogen-bond acceptors (Lipinski definition) is 3. The van der Waals surface area contributed by atoms with Crippen molar-refractivity contribution in [2.45, 2.75) is 19.3 Å². The van der Waals surface area contributed by atoms with Crippen molar-refractivity contribution < 1.29 is 14.7 Å². The summed E-state index contributed by atoms with van der Waals surface area (Å²) in [6, 6.07) is 8.39. The Balaban J connectivity index is 1.72. The standard InChI is InChI=1S/C16H17N3O3/c17-8-11-3-1-5-13(7-11)18-15(22)19-9-12-4-2-6-16(12,10-19)14(20)21/h1,3,5,7,12H,2,4,6,9-10H2,(H,18,22)(H,20,21)/t12-,16+/m0/s1. The first-order chi connectivity index (χ1) is 10.5. The lowest BCUT2D eigenvalue weighted by molar-refractivity contribution is -0.149. The summed E-state index contributed by atoms with van der Waals surface area (Å²) in [4.78, 5) is 25.6. The highest BCUT2D eigenvalue weighted by Crippen LogP contribution is 2.48. The van der Waals surface area contributed by atoms with Crippen LogP contribution in [-0.2, 0) is 4.79 Å². The first-order valence-electron chi connectivity index (χ1n) is 7.35. The molecule has 2 N–H and O–H groups in total. The normalized spacial score (nSPS) is 26.3. The van der Waals surface area contributed by atoms with Crippen molar-refractivity contribution in [1.82, 2.24) is 4.90 Å². The third kappa shape index (κ3) is 2.29. The van der Waals surface area contributed by atoms with Crippen molar-refractivity contribution in [3.63, 3.8) is 0 Å². The molecular weight excluding hydrogens is 282 g/mol. The van der Waals surface area contributed by atoms with Crippen LogP contribution < -0.4 is 5.32 Å². The molecule has 1 saturated heterocycles. The van der Waals surface area contributed by atoms with Crippen molar-refractivity contribution in [2.24, 2.45) is 11.3 Å². The zero-order chi connectivity index (χ0) is 15.7. The van der Waals surface area contributed by atoms with Crippen LogP contribution in [0, 0.1) is 22.7 Å². The van der Waals surface area contributed by atoms with Gasteiger partial charge in [-0.1, -0.05) is 12.5 Å². The number of nitrogens with one attached hydrogen (secondary N) is 1. The fraction of sp³-hybridized carbons (Fsp3) is 0.438.